The molecule has 0 saturated heterocycles. The van der Waals surface area contributed by atoms with Crippen LogP contribution in [0.1, 0.15) is 15.9 Å². The molecule has 1 aliphatic heterocycles. The molecule has 1 aliphatic rings. The van der Waals surface area contributed by atoms with Crippen molar-refractivity contribution in [2.75, 3.05) is 24.5 Å². The fourth-order valence-electron chi connectivity index (χ4n) is 3.20. The lowest BCUT2D eigenvalue weighted by Gasteiger charge is -2.19. The Morgan fingerprint density at radius 2 is 1.69 bits per heavy atom. The molecule has 2 N–H and O–H groups in total. The maximum absolute atomic E-state index is 12.8. The van der Waals surface area contributed by atoms with Gasteiger partial charge in [-0.05, 0) is 54.4 Å². The van der Waals surface area contributed by atoms with Crippen molar-refractivity contribution < 1.29 is 22.7 Å². The number of ether oxygens (including phenoxy) is 2. The van der Waals surface area contributed by atoms with Crippen molar-refractivity contribution in [1.29, 1.82) is 0 Å². The van der Waals surface area contributed by atoms with Gasteiger partial charge >= 0.3 is 0 Å². The average molecular weight is 473 g/mol. The van der Waals surface area contributed by atoms with E-state index in [0.29, 0.717) is 48.3 Å². The first-order chi connectivity index (χ1) is 15.4. The summed E-state index contributed by atoms with van der Waals surface area (Å²) >= 11 is 5.88. The highest BCUT2D eigenvalue weighted by atomic mass is 35.5. The van der Waals surface area contributed by atoms with Gasteiger partial charge in [0.25, 0.3) is 15.9 Å². The Labute approximate surface area is 191 Å². The molecule has 4 rings (SSSR count). The van der Waals surface area contributed by atoms with E-state index in [2.05, 4.69) is 10.0 Å². The number of hydrogen-bond donors (Lipinski definition) is 2. The van der Waals surface area contributed by atoms with Crippen molar-refractivity contribution in [3.8, 4) is 11.5 Å². The number of benzene rings is 3. The number of anilines is 1. The molecule has 7 nitrogen and oxygen atoms in total. The van der Waals surface area contributed by atoms with E-state index in [-0.39, 0.29) is 16.5 Å². The Hall–Kier alpha value is -3.23. The number of amides is 1. The molecular formula is C23H21ClN2O5S. The van der Waals surface area contributed by atoms with Crippen molar-refractivity contribution in [3.05, 3.63) is 82.9 Å². The maximum Gasteiger partial charge on any atom is 0.262 e. The second-order valence-electron chi connectivity index (χ2n) is 7.12. The van der Waals surface area contributed by atoms with Gasteiger partial charge in [-0.25, -0.2) is 8.42 Å². The van der Waals surface area contributed by atoms with Crippen LogP contribution >= 0.6 is 11.6 Å². The highest BCUT2D eigenvalue weighted by Crippen LogP contribution is 2.32. The van der Waals surface area contributed by atoms with Crippen LogP contribution in [0.15, 0.2) is 71.6 Å². The summed E-state index contributed by atoms with van der Waals surface area (Å²) in [5.41, 5.74) is 1.68. The van der Waals surface area contributed by atoms with Crippen LogP contribution in [0, 0.1) is 0 Å². The zero-order valence-corrected chi connectivity index (χ0v) is 18.6. The summed E-state index contributed by atoms with van der Waals surface area (Å²) in [7, 11) is -3.87. The van der Waals surface area contributed by atoms with E-state index in [1.165, 1.54) is 18.2 Å². The van der Waals surface area contributed by atoms with Crippen LogP contribution in [-0.2, 0) is 16.4 Å². The van der Waals surface area contributed by atoms with Gasteiger partial charge < -0.3 is 14.8 Å². The van der Waals surface area contributed by atoms with Crippen molar-refractivity contribution in [2.45, 2.75) is 11.3 Å². The Kier molecular flexibility index (Phi) is 6.53. The van der Waals surface area contributed by atoms with Crippen LogP contribution in [0.3, 0.4) is 0 Å². The molecule has 3 aromatic rings. The fraction of sp³-hybridized carbons (Fsp3) is 0.174. The molecule has 9 heteroatoms. The van der Waals surface area contributed by atoms with Gasteiger partial charge in [-0.1, -0.05) is 29.8 Å². The smallest absolute Gasteiger partial charge is 0.262 e. The summed E-state index contributed by atoms with van der Waals surface area (Å²) in [6.07, 6.45) is 0.652. The molecule has 1 heterocycles. The minimum atomic E-state index is -3.87. The van der Waals surface area contributed by atoms with E-state index in [4.69, 9.17) is 21.1 Å². The Morgan fingerprint density at radius 3 is 2.47 bits per heavy atom. The third-order valence-corrected chi connectivity index (χ3v) is 6.44. The number of halogens is 1. The van der Waals surface area contributed by atoms with Crippen LogP contribution in [0.5, 0.6) is 11.5 Å². The SMILES string of the molecule is O=C(NCCc1ccc(Cl)cc1)c1cccc(NS(=O)(=O)c2ccc3c(c2)OCCO3)c1. The molecule has 0 radical (unpaired) electrons. The zero-order valence-electron chi connectivity index (χ0n) is 17.0. The van der Waals surface area contributed by atoms with E-state index in [9.17, 15) is 13.2 Å². The minimum absolute atomic E-state index is 0.0413. The van der Waals surface area contributed by atoms with Gasteiger partial charge in [0.15, 0.2) is 11.5 Å². The fourth-order valence-corrected chi connectivity index (χ4v) is 4.39. The van der Waals surface area contributed by atoms with Gasteiger partial charge in [0.1, 0.15) is 13.2 Å². The summed E-state index contributed by atoms with van der Waals surface area (Å²) < 4.78 is 39.0. The molecule has 0 spiro atoms. The predicted molar refractivity (Wildman–Crippen MR) is 122 cm³/mol. The van der Waals surface area contributed by atoms with Crippen molar-refractivity contribution in [1.82, 2.24) is 5.32 Å². The second-order valence-corrected chi connectivity index (χ2v) is 9.24. The van der Waals surface area contributed by atoms with Gasteiger partial charge in [0.2, 0.25) is 0 Å². The van der Waals surface area contributed by atoms with Gasteiger partial charge in [0.05, 0.1) is 4.90 Å². The molecular weight excluding hydrogens is 452 g/mol. The maximum atomic E-state index is 12.8. The number of hydrogen-bond acceptors (Lipinski definition) is 5. The third kappa shape index (κ3) is 5.33. The zero-order chi connectivity index (χ0) is 22.6. The Bertz CT molecular complexity index is 1230. The van der Waals surface area contributed by atoms with E-state index in [0.717, 1.165) is 5.56 Å². The molecule has 0 aromatic heterocycles. The molecule has 3 aromatic carbocycles. The average Bonchev–Trinajstić information content (AvgIpc) is 2.80. The summed E-state index contributed by atoms with van der Waals surface area (Å²) in [5, 5.41) is 3.50. The van der Waals surface area contributed by atoms with Gasteiger partial charge in [-0.15, -0.1) is 0 Å². The molecule has 1 amide bonds. The third-order valence-electron chi connectivity index (χ3n) is 4.81. The van der Waals surface area contributed by atoms with E-state index < -0.39 is 10.0 Å². The molecule has 0 unspecified atom stereocenters. The lowest BCUT2D eigenvalue weighted by atomic mass is 10.1. The van der Waals surface area contributed by atoms with Crippen LogP contribution in [0.25, 0.3) is 0 Å². The number of carbonyl (C=O) groups is 1. The van der Waals surface area contributed by atoms with Crippen molar-refractivity contribution >= 4 is 33.2 Å². The lowest BCUT2D eigenvalue weighted by Crippen LogP contribution is -2.25. The molecule has 0 atom stereocenters. The summed E-state index contributed by atoms with van der Waals surface area (Å²) in [4.78, 5) is 12.5. The van der Waals surface area contributed by atoms with E-state index in [1.807, 2.05) is 12.1 Å². The molecule has 0 bridgehead atoms. The predicted octanol–water partition coefficient (Wildman–Crippen LogP) is 3.88. The molecule has 166 valence electrons. The molecule has 0 aliphatic carbocycles. The van der Waals surface area contributed by atoms with Gasteiger partial charge in [-0.3, -0.25) is 9.52 Å². The summed E-state index contributed by atoms with van der Waals surface area (Å²) in [6.45, 7) is 1.22. The first kappa shape index (κ1) is 22.0. The van der Waals surface area contributed by atoms with Gasteiger partial charge in [-0.2, -0.15) is 0 Å². The first-order valence-electron chi connectivity index (χ1n) is 9.96. The van der Waals surface area contributed by atoms with Crippen LogP contribution in [0.4, 0.5) is 5.69 Å². The van der Waals surface area contributed by atoms with Gasteiger partial charge in [0, 0.05) is 28.9 Å². The normalized spacial score (nSPS) is 12.8. The lowest BCUT2D eigenvalue weighted by molar-refractivity contribution is 0.0954. The second kappa shape index (κ2) is 9.50. The summed E-state index contributed by atoms with van der Waals surface area (Å²) in [5.74, 6) is 0.597. The first-order valence-corrected chi connectivity index (χ1v) is 11.8. The van der Waals surface area contributed by atoms with Crippen LogP contribution in [-0.4, -0.2) is 34.1 Å². The van der Waals surface area contributed by atoms with Crippen molar-refractivity contribution in [2.24, 2.45) is 0 Å². The van der Waals surface area contributed by atoms with E-state index in [1.54, 1.807) is 36.4 Å². The quantitative estimate of drug-likeness (QED) is 0.544. The van der Waals surface area contributed by atoms with Crippen LogP contribution in [0.2, 0.25) is 5.02 Å². The Balaban J connectivity index is 1.40. The molecule has 32 heavy (non-hydrogen) atoms. The number of nitrogens with one attached hydrogen (secondary N) is 2. The highest BCUT2D eigenvalue weighted by molar-refractivity contribution is 7.92. The number of rotatable bonds is 7. The monoisotopic (exact) mass is 472 g/mol. The van der Waals surface area contributed by atoms with E-state index >= 15 is 0 Å². The standard InChI is InChI=1S/C23H21ClN2O5S/c24-18-6-4-16(5-7-18)10-11-25-23(27)17-2-1-3-19(14-17)26-32(28,29)20-8-9-21-22(15-20)31-13-12-30-21/h1-9,14-15,26H,10-13H2,(H,25,27). The highest BCUT2D eigenvalue weighted by Gasteiger charge is 2.20. The number of fused-ring (bicyclic) bond motifs is 1. The van der Waals surface area contributed by atoms with Crippen molar-refractivity contribution in [3.63, 3.8) is 0 Å². The number of carbonyl (C=O) groups excluding carboxylic acids is 1. The summed E-state index contributed by atoms with van der Waals surface area (Å²) in [6, 6.07) is 18.2. The minimum Gasteiger partial charge on any atom is -0.486 e. The topological polar surface area (TPSA) is 93.7 Å². The molecule has 0 fully saturated rings. The Morgan fingerprint density at radius 1 is 0.938 bits per heavy atom. The molecule has 0 saturated carbocycles. The largest absolute Gasteiger partial charge is 0.486 e. The van der Waals surface area contributed by atoms with Crippen LogP contribution < -0.4 is 19.5 Å². The number of sulfonamides is 1.